The van der Waals surface area contributed by atoms with Gasteiger partial charge in [-0.05, 0) is 19.8 Å². The Hall–Kier alpha value is -0.0800. The number of aliphatic hydroxyl groups is 1. The molecule has 0 aliphatic heterocycles. The van der Waals surface area contributed by atoms with Crippen molar-refractivity contribution < 1.29 is 5.11 Å². The predicted molar refractivity (Wildman–Crippen MR) is 41.9 cm³/mol. The summed E-state index contributed by atoms with van der Waals surface area (Å²) in [4.78, 5) is 0. The summed E-state index contributed by atoms with van der Waals surface area (Å²) in [6, 6.07) is 0.963. The van der Waals surface area contributed by atoms with Gasteiger partial charge in [0.05, 0.1) is 6.61 Å². The van der Waals surface area contributed by atoms with Gasteiger partial charge in [0.2, 0.25) is 0 Å². The molecule has 0 heterocycles. The largest absolute Gasteiger partial charge is 0.395 e. The minimum atomic E-state index is 0.260. The summed E-state index contributed by atoms with van der Waals surface area (Å²) in [5.74, 6) is 0. The van der Waals surface area contributed by atoms with Crippen LogP contribution in [0.15, 0.2) is 0 Å². The Morgan fingerprint density at radius 1 is 1.50 bits per heavy atom. The molecular weight excluding hydrogens is 126 g/mol. The van der Waals surface area contributed by atoms with Crippen LogP contribution in [0.1, 0.15) is 32.6 Å². The molecule has 0 bridgehead atoms. The van der Waals surface area contributed by atoms with Gasteiger partial charge in [0.15, 0.2) is 0 Å². The summed E-state index contributed by atoms with van der Waals surface area (Å²) in [7, 11) is 0. The van der Waals surface area contributed by atoms with E-state index in [1.807, 2.05) is 6.92 Å². The van der Waals surface area contributed by atoms with Gasteiger partial charge in [-0.3, -0.25) is 0 Å². The van der Waals surface area contributed by atoms with Gasteiger partial charge < -0.3 is 10.4 Å². The first-order valence-corrected chi connectivity index (χ1v) is 4.20. The van der Waals surface area contributed by atoms with Crippen molar-refractivity contribution in [1.29, 1.82) is 0 Å². The molecule has 2 heteroatoms. The van der Waals surface area contributed by atoms with Gasteiger partial charge in [0, 0.05) is 12.1 Å². The standard InChI is InChI=1S/C8H17NO/c1-7(6-10)9-8-4-2-3-5-8/h7-10H,2-6H2,1H3/t7-/m1/s1. The minimum Gasteiger partial charge on any atom is -0.395 e. The fourth-order valence-corrected chi connectivity index (χ4v) is 1.55. The van der Waals surface area contributed by atoms with Crippen LogP contribution < -0.4 is 5.32 Å². The van der Waals surface area contributed by atoms with Crippen molar-refractivity contribution in [2.75, 3.05) is 6.61 Å². The highest BCUT2D eigenvalue weighted by Crippen LogP contribution is 2.17. The highest BCUT2D eigenvalue weighted by molar-refractivity contribution is 4.75. The Balaban J connectivity index is 2.11. The normalized spacial score (nSPS) is 23.4. The van der Waals surface area contributed by atoms with E-state index >= 15 is 0 Å². The van der Waals surface area contributed by atoms with Crippen LogP contribution in [0.2, 0.25) is 0 Å². The van der Waals surface area contributed by atoms with Gasteiger partial charge in [-0.15, -0.1) is 0 Å². The van der Waals surface area contributed by atoms with Crippen molar-refractivity contribution >= 4 is 0 Å². The maximum atomic E-state index is 8.73. The van der Waals surface area contributed by atoms with E-state index in [0.29, 0.717) is 6.04 Å². The summed E-state index contributed by atoms with van der Waals surface area (Å²) in [5.41, 5.74) is 0. The Bertz CT molecular complexity index is 89.3. The number of aliphatic hydroxyl groups excluding tert-OH is 1. The fourth-order valence-electron chi connectivity index (χ4n) is 1.55. The lowest BCUT2D eigenvalue weighted by Crippen LogP contribution is -2.36. The first-order chi connectivity index (χ1) is 4.83. The molecule has 0 saturated heterocycles. The second-order valence-electron chi connectivity index (χ2n) is 3.23. The van der Waals surface area contributed by atoms with E-state index in [9.17, 15) is 0 Å². The van der Waals surface area contributed by atoms with Gasteiger partial charge in [0.1, 0.15) is 0 Å². The molecule has 2 nitrogen and oxygen atoms in total. The van der Waals surface area contributed by atoms with Crippen LogP contribution in [0.3, 0.4) is 0 Å². The molecule has 0 aromatic heterocycles. The molecule has 0 amide bonds. The third kappa shape index (κ3) is 2.27. The molecule has 1 atom stereocenters. The van der Waals surface area contributed by atoms with Gasteiger partial charge >= 0.3 is 0 Å². The lowest BCUT2D eigenvalue weighted by molar-refractivity contribution is 0.241. The summed E-state index contributed by atoms with van der Waals surface area (Å²) < 4.78 is 0. The Labute approximate surface area is 62.6 Å². The van der Waals surface area contributed by atoms with E-state index in [1.165, 1.54) is 25.7 Å². The van der Waals surface area contributed by atoms with Crippen LogP contribution in [0.4, 0.5) is 0 Å². The highest BCUT2D eigenvalue weighted by Gasteiger charge is 2.15. The van der Waals surface area contributed by atoms with E-state index in [1.54, 1.807) is 0 Å². The van der Waals surface area contributed by atoms with Crippen LogP contribution >= 0.6 is 0 Å². The average molecular weight is 143 g/mol. The molecule has 1 aliphatic carbocycles. The van der Waals surface area contributed by atoms with E-state index in [2.05, 4.69) is 5.32 Å². The summed E-state index contributed by atoms with van der Waals surface area (Å²) in [6.07, 6.45) is 5.31. The molecule has 0 aromatic rings. The first-order valence-electron chi connectivity index (χ1n) is 4.20. The second kappa shape index (κ2) is 3.94. The zero-order valence-corrected chi connectivity index (χ0v) is 6.64. The molecule has 1 fully saturated rings. The van der Waals surface area contributed by atoms with Crippen molar-refractivity contribution in [2.24, 2.45) is 0 Å². The molecular formula is C8H17NO. The van der Waals surface area contributed by atoms with E-state index in [-0.39, 0.29) is 12.6 Å². The molecule has 10 heavy (non-hydrogen) atoms. The van der Waals surface area contributed by atoms with E-state index < -0.39 is 0 Å². The van der Waals surface area contributed by atoms with Crippen LogP contribution in [0.5, 0.6) is 0 Å². The van der Waals surface area contributed by atoms with Crippen molar-refractivity contribution in [2.45, 2.75) is 44.7 Å². The zero-order chi connectivity index (χ0) is 7.40. The van der Waals surface area contributed by atoms with Gasteiger partial charge in [-0.2, -0.15) is 0 Å². The molecule has 0 radical (unpaired) electrons. The maximum Gasteiger partial charge on any atom is 0.0582 e. The Morgan fingerprint density at radius 3 is 2.60 bits per heavy atom. The van der Waals surface area contributed by atoms with Crippen molar-refractivity contribution in [1.82, 2.24) is 5.32 Å². The Morgan fingerprint density at radius 2 is 2.10 bits per heavy atom. The molecule has 60 valence electrons. The van der Waals surface area contributed by atoms with Crippen LogP contribution in [0, 0.1) is 0 Å². The number of hydrogen-bond acceptors (Lipinski definition) is 2. The average Bonchev–Trinajstić information content (AvgIpc) is 2.40. The quantitative estimate of drug-likeness (QED) is 0.615. The van der Waals surface area contributed by atoms with Crippen LogP contribution in [-0.2, 0) is 0 Å². The summed E-state index contributed by atoms with van der Waals surface area (Å²) in [5, 5.41) is 12.1. The van der Waals surface area contributed by atoms with Gasteiger partial charge in [-0.25, -0.2) is 0 Å². The van der Waals surface area contributed by atoms with Gasteiger partial charge in [-0.1, -0.05) is 12.8 Å². The lowest BCUT2D eigenvalue weighted by Gasteiger charge is -2.16. The second-order valence-corrected chi connectivity index (χ2v) is 3.23. The SMILES string of the molecule is C[C@H](CO)NC1CCCC1. The third-order valence-electron chi connectivity index (χ3n) is 2.15. The van der Waals surface area contributed by atoms with Gasteiger partial charge in [0.25, 0.3) is 0 Å². The van der Waals surface area contributed by atoms with Crippen molar-refractivity contribution in [3.8, 4) is 0 Å². The minimum absolute atomic E-state index is 0.260. The number of hydrogen-bond donors (Lipinski definition) is 2. The summed E-state index contributed by atoms with van der Waals surface area (Å²) in [6.45, 7) is 2.29. The van der Waals surface area contributed by atoms with Crippen molar-refractivity contribution in [3.63, 3.8) is 0 Å². The molecule has 1 saturated carbocycles. The molecule has 2 N–H and O–H groups in total. The molecule has 0 unspecified atom stereocenters. The van der Waals surface area contributed by atoms with Crippen LogP contribution in [0.25, 0.3) is 0 Å². The van der Waals surface area contributed by atoms with E-state index in [4.69, 9.17) is 5.11 Å². The number of nitrogens with one attached hydrogen (secondary N) is 1. The monoisotopic (exact) mass is 143 g/mol. The predicted octanol–water partition coefficient (Wildman–Crippen LogP) is 0.899. The van der Waals surface area contributed by atoms with Crippen LogP contribution in [-0.4, -0.2) is 23.8 Å². The number of rotatable bonds is 3. The topological polar surface area (TPSA) is 32.3 Å². The molecule has 0 aromatic carbocycles. The molecule has 1 rings (SSSR count). The smallest absolute Gasteiger partial charge is 0.0582 e. The first kappa shape index (κ1) is 8.02. The van der Waals surface area contributed by atoms with E-state index in [0.717, 1.165) is 0 Å². The highest BCUT2D eigenvalue weighted by atomic mass is 16.3. The fraction of sp³-hybridized carbons (Fsp3) is 1.00. The van der Waals surface area contributed by atoms with Crippen molar-refractivity contribution in [3.05, 3.63) is 0 Å². The zero-order valence-electron chi connectivity index (χ0n) is 6.64. The maximum absolute atomic E-state index is 8.73. The summed E-state index contributed by atoms with van der Waals surface area (Å²) >= 11 is 0. The Kier molecular flexibility index (Phi) is 3.16. The molecule has 1 aliphatic rings. The molecule has 0 spiro atoms. The third-order valence-corrected chi connectivity index (χ3v) is 2.15. The lowest BCUT2D eigenvalue weighted by atomic mass is 10.2.